The minimum absolute atomic E-state index is 0.0324. The molecule has 1 aromatic rings. The first-order valence-electron chi connectivity index (χ1n) is 6.01. The lowest BCUT2D eigenvalue weighted by atomic mass is 10.1. The molecule has 1 saturated heterocycles. The van der Waals surface area contributed by atoms with Crippen molar-refractivity contribution in [2.75, 3.05) is 19.8 Å². The van der Waals surface area contributed by atoms with E-state index in [1.165, 1.54) is 0 Å². The third kappa shape index (κ3) is 3.28. The molecule has 4 nitrogen and oxygen atoms in total. The van der Waals surface area contributed by atoms with Crippen molar-refractivity contribution in [3.63, 3.8) is 0 Å². The van der Waals surface area contributed by atoms with Crippen LogP contribution in [-0.4, -0.2) is 47.8 Å². The van der Waals surface area contributed by atoms with E-state index in [0.29, 0.717) is 23.7 Å². The Balaban J connectivity index is 2.22. The molecule has 1 amide bonds. The van der Waals surface area contributed by atoms with E-state index in [-0.39, 0.29) is 24.7 Å². The average Bonchev–Trinajstić information content (AvgIpc) is 2.38. The van der Waals surface area contributed by atoms with Crippen LogP contribution in [0.5, 0.6) is 0 Å². The minimum atomic E-state index is -0.325. The summed E-state index contributed by atoms with van der Waals surface area (Å²) < 4.78 is 6.25. The van der Waals surface area contributed by atoms with Gasteiger partial charge in [0.25, 0.3) is 5.91 Å². The van der Waals surface area contributed by atoms with Gasteiger partial charge in [-0.1, -0.05) is 27.5 Å². The van der Waals surface area contributed by atoms with Crippen LogP contribution in [0.25, 0.3) is 0 Å². The molecule has 0 radical (unpaired) electrons. The molecule has 104 valence electrons. The first-order valence-corrected chi connectivity index (χ1v) is 7.18. The van der Waals surface area contributed by atoms with Crippen LogP contribution in [0.2, 0.25) is 5.02 Å². The van der Waals surface area contributed by atoms with E-state index in [1.807, 2.05) is 6.92 Å². The van der Waals surface area contributed by atoms with Crippen LogP contribution in [0.3, 0.4) is 0 Å². The van der Waals surface area contributed by atoms with Crippen LogP contribution in [-0.2, 0) is 4.74 Å². The number of aliphatic hydroxyl groups is 1. The molecular formula is C13H15BrClNO3. The lowest BCUT2D eigenvalue weighted by Gasteiger charge is -2.37. The fraction of sp³-hybridized carbons (Fsp3) is 0.462. The largest absolute Gasteiger partial charge is 0.394 e. The second kappa shape index (κ2) is 6.22. The van der Waals surface area contributed by atoms with E-state index in [2.05, 4.69) is 15.9 Å². The third-order valence-corrected chi connectivity index (χ3v) is 3.94. The lowest BCUT2D eigenvalue weighted by Crippen LogP contribution is -2.52. The van der Waals surface area contributed by atoms with Crippen LogP contribution in [0.4, 0.5) is 0 Å². The lowest BCUT2D eigenvalue weighted by molar-refractivity contribution is -0.0667. The highest BCUT2D eigenvalue weighted by atomic mass is 79.9. The summed E-state index contributed by atoms with van der Waals surface area (Å²) in [7, 11) is 0. The molecular weight excluding hydrogens is 334 g/mol. The summed E-state index contributed by atoms with van der Waals surface area (Å²) >= 11 is 9.42. The van der Waals surface area contributed by atoms with E-state index >= 15 is 0 Å². The second-order valence-electron chi connectivity index (χ2n) is 4.57. The number of hydrogen-bond acceptors (Lipinski definition) is 3. The van der Waals surface area contributed by atoms with Gasteiger partial charge in [0.2, 0.25) is 0 Å². The molecule has 0 spiro atoms. The highest BCUT2D eigenvalue weighted by Crippen LogP contribution is 2.24. The van der Waals surface area contributed by atoms with Crippen LogP contribution in [0, 0.1) is 0 Å². The van der Waals surface area contributed by atoms with Gasteiger partial charge in [0.05, 0.1) is 35.9 Å². The molecule has 0 saturated carbocycles. The number of halogens is 2. The Morgan fingerprint density at radius 3 is 3.00 bits per heavy atom. The monoisotopic (exact) mass is 347 g/mol. The molecule has 6 heteroatoms. The molecule has 1 aliphatic rings. The number of benzene rings is 1. The van der Waals surface area contributed by atoms with Gasteiger partial charge < -0.3 is 14.7 Å². The number of rotatable bonds is 2. The van der Waals surface area contributed by atoms with Crippen molar-refractivity contribution < 1.29 is 14.6 Å². The normalized spacial score (nSPS) is 23.5. The van der Waals surface area contributed by atoms with Crippen molar-refractivity contribution in [2.45, 2.75) is 19.1 Å². The fourth-order valence-corrected chi connectivity index (χ4v) is 2.78. The fourth-order valence-electron chi connectivity index (χ4n) is 2.03. The molecule has 0 bridgehead atoms. The summed E-state index contributed by atoms with van der Waals surface area (Å²) in [6.07, 6.45) is -0.325. The van der Waals surface area contributed by atoms with Gasteiger partial charge >= 0.3 is 0 Å². The maximum Gasteiger partial charge on any atom is 0.255 e. The van der Waals surface area contributed by atoms with Gasteiger partial charge in [-0.2, -0.15) is 0 Å². The molecule has 2 atom stereocenters. The number of aliphatic hydroxyl groups excluding tert-OH is 1. The number of nitrogens with zero attached hydrogens (tertiary/aromatic N) is 1. The number of amides is 1. The zero-order valence-electron chi connectivity index (χ0n) is 10.5. The topological polar surface area (TPSA) is 49.8 Å². The second-order valence-corrected chi connectivity index (χ2v) is 5.89. The van der Waals surface area contributed by atoms with Crippen LogP contribution >= 0.6 is 27.5 Å². The Bertz CT molecular complexity index is 483. The summed E-state index contributed by atoms with van der Waals surface area (Å²) in [5.41, 5.74) is 0.468. The Morgan fingerprint density at radius 1 is 1.63 bits per heavy atom. The summed E-state index contributed by atoms with van der Waals surface area (Å²) in [5.74, 6) is -0.133. The Labute approximate surface area is 125 Å². The van der Waals surface area contributed by atoms with Crippen LogP contribution < -0.4 is 0 Å². The molecule has 1 heterocycles. The molecule has 0 aromatic heterocycles. The van der Waals surface area contributed by atoms with Gasteiger partial charge in [-0.05, 0) is 25.1 Å². The van der Waals surface area contributed by atoms with Crippen molar-refractivity contribution in [2.24, 2.45) is 0 Å². The predicted octanol–water partition coefficient (Wildman–Crippen LogP) is 2.32. The van der Waals surface area contributed by atoms with Gasteiger partial charge in [-0.3, -0.25) is 4.79 Å². The molecule has 2 unspecified atom stereocenters. The van der Waals surface area contributed by atoms with E-state index in [1.54, 1.807) is 23.1 Å². The van der Waals surface area contributed by atoms with Gasteiger partial charge in [0, 0.05) is 11.0 Å². The van der Waals surface area contributed by atoms with Crippen molar-refractivity contribution in [1.82, 2.24) is 4.90 Å². The number of hydrogen-bond donors (Lipinski definition) is 1. The van der Waals surface area contributed by atoms with E-state index < -0.39 is 0 Å². The first kappa shape index (κ1) is 14.8. The van der Waals surface area contributed by atoms with E-state index in [9.17, 15) is 4.79 Å². The molecule has 1 aromatic carbocycles. The molecule has 1 aliphatic heterocycles. The molecule has 0 aliphatic carbocycles. The van der Waals surface area contributed by atoms with Crippen LogP contribution in [0.1, 0.15) is 17.3 Å². The Hall–Kier alpha value is -0.620. The van der Waals surface area contributed by atoms with E-state index in [0.717, 1.165) is 4.47 Å². The zero-order valence-corrected chi connectivity index (χ0v) is 12.8. The van der Waals surface area contributed by atoms with E-state index in [4.69, 9.17) is 21.4 Å². The van der Waals surface area contributed by atoms with Gasteiger partial charge in [0.15, 0.2) is 0 Å². The Kier molecular flexibility index (Phi) is 4.84. The number of carbonyl (C=O) groups is 1. The number of morpholine rings is 1. The standard InChI is InChI=1S/C13H15BrClNO3/c1-8-7-19-10(6-17)5-16(8)13(18)11-3-2-9(14)4-12(11)15/h2-4,8,10,17H,5-7H2,1H3. The molecule has 1 fully saturated rings. The minimum Gasteiger partial charge on any atom is -0.394 e. The summed E-state index contributed by atoms with van der Waals surface area (Å²) in [5, 5.41) is 9.56. The maximum atomic E-state index is 12.5. The SMILES string of the molecule is CC1COC(CO)CN1C(=O)c1ccc(Br)cc1Cl. The summed E-state index contributed by atoms with van der Waals surface area (Å²) in [4.78, 5) is 14.2. The van der Waals surface area contributed by atoms with Gasteiger partial charge in [-0.15, -0.1) is 0 Å². The molecule has 19 heavy (non-hydrogen) atoms. The van der Waals surface area contributed by atoms with Crippen molar-refractivity contribution in [1.29, 1.82) is 0 Å². The average molecular weight is 349 g/mol. The summed E-state index contributed by atoms with van der Waals surface area (Å²) in [6, 6.07) is 5.15. The van der Waals surface area contributed by atoms with Crippen molar-refractivity contribution in [3.8, 4) is 0 Å². The third-order valence-electron chi connectivity index (χ3n) is 3.13. The quantitative estimate of drug-likeness (QED) is 0.892. The number of carbonyl (C=O) groups excluding carboxylic acids is 1. The highest BCUT2D eigenvalue weighted by Gasteiger charge is 2.30. The first-order chi connectivity index (χ1) is 9.02. The molecule has 1 N–H and O–H groups in total. The maximum absolute atomic E-state index is 12.5. The van der Waals surface area contributed by atoms with Crippen LogP contribution in [0.15, 0.2) is 22.7 Å². The van der Waals surface area contributed by atoms with Crippen molar-refractivity contribution in [3.05, 3.63) is 33.3 Å². The Morgan fingerprint density at radius 2 is 2.37 bits per heavy atom. The van der Waals surface area contributed by atoms with Gasteiger partial charge in [-0.25, -0.2) is 0 Å². The zero-order chi connectivity index (χ0) is 14.0. The number of ether oxygens (including phenoxy) is 1. The van der Waals surface area contributed by atoms with Crippen molar-refractivity contribution >= 4 is 33.4 Å². The highest BCUT2D eigenvalue weighted by molar-refractivity contribution is 9.10. The summed E-state index contributed by atoms with van der Waals surface area (Å²) in [6.45, 7) is 2.62. The smallest absolute Gasteiger partial charge is 0.255 e. The molecule has 2 rings (SSSR count). The predicted molar refractivity (Wildman–Crippen MR) is 76.5 cm³/mol. The van der Waals surface area contributed by atoms with Gasteiger partial charge in [0.1, 0.15) is 0 Å².